The van der Waals surface area contributed by atoms with E-state index in [4.69, 9.17) is 5.11 Å². The summed E-state index contributed by atoms with van der Waals surface area (Å²) in [6, 6.07) is 0. The van der Waals surface area contributed by atoms with E-state index in [9.17, 15) is 9.59 Å². The van der Waals surface area contributed by atoms with Gasteiger partial charge in [-0.3, -0.25) is 4.79 Å². The van der Waals surface area contributed by atoms with Crippen molar-refractivity contribution in [1.82, 2.24) is 5.32 Å². The maximum atomic E-state index is 10.4. The largest absolute Gasteiger partial charge is 0.478 e. The van der Waals surface area contributed by atoms with E-state index in [1.54, 1.807) is 0 Å². The third-order valence-corrected chi connectivity index (χ3v) is 0.818. The molecular weight excluding hydrogens is 150 g/mol. The first-order valence-electron chi connectivity index (χ1n) is 2.86. The zero-order valence-electron chi connectivity index (χ0n) is 6.03. The Morgan fingerprint density at radius 1 is 1.64 bits per heavy atom. The molecule has 62 valence electrons. The molecular formula is C6H9NO4. The topological polar surface area (TPSA) is 75.6 Å². The van der Waals surface area contributed by atoms with Crippen LogP contribution in [0.4, 0.5) is 0 Å². The third-order valence-electron chi connectivity index (χ3n) is 0.818. The molecule has 0 aliphatic heterocycles. The minimum atomic E-state index is -1.07. The fourth-order valence-electron chi connectivity index (χ4n) is 0.345. The highest BCUT2D eigenvalue weighted by molar-refractivity contribution is 5.79. The zero-order chi connectivity index (χ0) is 8.69. The van der Waals surface area contributed by atoms with Gasteiger partial charge in [0.1, 0.15) is 6.54 Å². The van der Waals surface area contributed by atoms with Crippen LogP contribution in [0.25, 0.3) is 0 Å². The van der Waals surface area contributed by atoms with Crippen molar-refractivity contribution < 1.29 is 19.4 Å². The number of nitrogens with one attached hydrogen (secondary N) is 1. The highest BCUT2D eigenvalue weighted by atomic mass is 16.5. The second-order valence-electron chi connectivity index (χ2n) is 1.63. The number of methoxy groups -OCH3 is 1. The van der Waals surface area contributed by atoms with Gasteiger partial charge in [0, 0.05) is 12.3 Å². The van der Waals surface area contributed by atoms with Crippen LogP contribution in [0.1, 0.15) is 0 Å². The molecule has 0 fully saturated rings. The first kappa shape index (κ1) is 9.48. The van der Waals surface area contributed by atoms with E-state index in [0.29, 0.717) is 0 Å². The Balaban J connectivity index is 3.41. The number of carbonyl (C=O) groups excluding carboxylic acids is 1. The summed E-state index contributed by atoms with van der Waals surface area (Å²) in [5.41, 5.74) is 0. The van der Waals surface area contributed by atoms with E-state index in [2.05, 4.69) is 10.1 Å². The number of carboxylic acids is 1. The molecule has 0 aromatic heterocycles. The van der Waals surface area contributed by atoms with Crippen LogP contribution < -0.4 is 5.32 Å². The van der Waals surface area contributed by atoms with Crippen molar-refractivity contribution in [1.29, 1.82) is 0 Å². The van der Waals surface area contributed by atoms with Crippen LogP contribution in [-0.4, -0.2) is 30.7 Å². The molecule has 0 rings (SSSR count). The normalized spacial score (nSPS) is 9.55. The zero-order valence-corrected chi connectivity index (χ0v) is 6.03. The van der Waals surface area contributed by atoms with E-state index < -0.39 is 11.9 Å². The van der Waals surface area contributed by atoms with E-state index in [0.717, 1.165) is 6.08 Å². The van der Waals surface area contributed by atoms with Crippen LogP contribution in [0.5, 0.6) is 0 Å². The number of ether oxygens (including phenoxy) is 1. The average Bonchev–Trinajstić information content (AvgIpc) is 1.97. The molecule has 0 aromatic carbocycles. The fraction of sp³-hybridized carbons (Fsp3) is 0.333. The summed E-state index contributed by atoms with van der Waals surface area (Å²) in [4.78, 5) is 20.3. The fourth-order valence-corrected chi connectivity index (χ4v) is 0.345. The van der Waals surface area contributed by atoms with Crippen molar-refractivity contribution >= 4 is 11.9 Å². The Hall–Kier alpha value is -1.52. The Morgan fingerprint density at radius 3 is 2.73 bits per heavy atom. The lowest BCUT2D eigenvalue weighted by atomic mass is 10.6. The number of rotatable bonds is 4. The predicted octanol–water partition coefficient (Wildman–Crippen LogP) is -0.653. The molecule has 5 heteroatoms. The van der Waals surface area contributed by atoms with Gasteiger partial charge in [0.15, 0.2) is 0 Å². The van der Waals surface area contributed by atoms with E-state index >= 15 is 0 Å². The predicted molar refractivity (Wildman–Crippen MR) is 36.8 cm³/mol. The van der Waals surface area contributed by atoms with Gasteiger partial charge in [-0.1, -0.05) is 0 Å². The van der Waals surface area contributed by atoms with Crippen molar-refractivity contribution in [2.45, 2.75) is 0 Å². The van der Waals surface area contributed by atoms with Crippen molar-refractivity contribution in [2.24, 2.45) is 0 Å². The summed E-state index contributed by atoms with van der Waals surface area (Å²) < 4.78 is 4.27. The second-order valence-corrected chi connectivity index (χ2v) is 1.63. The molecule has 0 radical (unpaired) electrons. The highest BCUT2D eigenvalue weighted by Gasteiger charge is 1.94. The number of esters is 1. The summed E-state index contributed by atoms with van der Waals surface area (Å²) in [7, 11) is 1.25. The standard InChI is InChI=1S/C6H9NO4/c1-11-6(10)4-7-3-2-5(8)9/h2-3,7H,4H2,1H3,(H,8,9)/b3-2+. The molecule has 0 saturated carbocycles. The molecule has 0 atom stereocenters. The summed E-state index contributed by atoms with van der Waals surface area (Å²) in [6.07, 6.45) is 2.06. The third kappa shape index (κ3) is 6.36. The summed E-state index contributed by atoms with van der Waals surface area (Å²) in [6.45, 7) is -0.0275. The minimum Gasteiger partial charge on any atom is -0.478 e. The van der Waals surface area contributed by atoms with Crippen LogP contribution in [0.15, 0.2) is 12.3 Å². The lowest BCUT2D eigenvalue weighted by molar-refractivity contribution is -0.139. The first-order chi connectivity index (χ1) is 5.16. The smallest absolute Gasteiger partial charge is 0.329 e. The molecule has 0 saturated heterocycles. The van der Waals surface area contributed by atoms with Crippen LogP contribution >= 0.6 is 0 Å². The van der Waals surface area contributed by atoms with Crippen molar-refractivity contribution in [3.63, 3.8) is 0 Å². The van der Waals surface area contributed by atoms with Gasteiger partial charge in [0.05, 0.1) is 7.11 Å². The second kappa shape index (κ2) is 5.28. The highest BCUT2D eigenvalue weighted by Crippen LogP contribution is 1.71. The maximum absolute atomic E-state index is 10.4. The molecule has 0 heterocycles. The summed E-state index contributed by atoms with van der Waals surface area (Å²) in [5, 5.41) is 10.5. The van der Waals surface area contributed by atoms with Gasteiger partial charge in [-0.2, -0.15) is 0 Å². The Labute approximate surface area is 63.7 Å². The van der Waals surface area contributed by atoms with E-state index in [1.807, 2.05) is 0 Å². The monoisotopic (exact) mass is 159 g/mol. The SMILES string of the molecule is COC(=O)CN/C=C/C(=O)O. The van der Waals surface area contributed by atoms with Crippen molar-refractivity contribution in [3.05, 3.63) is 12.3 Å². The van der Waals surface area contributed by atoms with Gasteiger partial charge in [-0.15, -0.1) is 0 Å². The van der Waals surface area contributed by atoms with Gasteiger partial charge < -0.3 is 15.2 Å². The van der Waals surface area contributed by atoms with Crippen LogP contribution in [0.2, 0.25) is 0 Å². The number of hydrogen-bond acceptors (Lipinski definition) is 4. The maximum Gasteiger partial charge on any atom is 0.329 e. The molecule has 0 bridgehead atoms. The molecule has 2 N–H and O–H groups in total. The molecule has 11 heavy (non-hydrogen) atoms. The molecule has 0 aliphatic carbocycles. The van der Waals surface area contributed by atoms with Crippen molar-refractivity contribution in [3.8, 4) is 0 Å². The lowest BCUT2D eigenvalue weighted by Gasteiger charge is -1.96. The van der Waals surface area contributed by atoms with Crippen LogP contribution in [0.3, 0.4) is 0 Å². The number of hydrogen-bond donors (Lipinski definition) is 2. The minimum absolute atomic E-state index is 0.0275. The molecule has 0 spiro atoms. The summed E-state index contributed by atoms with van der Waals surface area (Å²) >= 11 is 0. The molecule has 0 aliphatic rings. The molecule has 0 unspecified atom stereocenters. The molecule has 0 amide bonds. The molecule has 5 nitrogen and oxygen atoms in total. The van der Waals surface area contributed by atoms with Crippen LogP contribution in [-0.2, 0) is 14.3 Å². The van der Waals surface area contributed by atoms with Crippen molar-refractivity contribution in [2.75, 3.05) is 13.7 Å². The lowest BCUT2D eigenvalue weighted by Crippen LogP contribution is -2.19. The quantitative estimate of drug-likeness (QED) is 0.421. The van der Waals surface area contributed by atoms with Gasteiger partial charge >= 0.3 is 11.9 Å². The van der Waals surface area contributed by atoms with Gasteiger partial charge in [-0.25, -0.2) is 4.79 Å². The summed E-state index contributed by atoms with van der Waals surface area (Å²) in [5.74, 6) is -1.51. The number of carbonyl (C=O) groups is 2. The van der Waals surface area contributed by atoms with Crippen LogP contribution in [0, 0.1) is 0 Å². The number of carboxylic acid groups (broad SMARTS) is 1. The Morgan fingerprint density at radius 2 is 2.27 bits per heavy atom. The first-order valence-corrected chi connectivity index (χ1v) is 2.86. The van der Waals surface area contributed by atoms with E-state index in [-0.39, 0.29) is 6.54 Å². The van der Waals surface area contributed by atoms with Gasteiger partial charge in [0.25, 0.3) is 0 Å². The average molecular weight is 159 g/mol. The Bertz CT molecular complexity index is 175. The molecule has 0 aromatic rings. The Kier molecular flexibility index (Phi) is 4.55. The van der Waals surface area contributed by atoms with Gasteiger partial charge in [0.2, 0.25) is 0 Å². The number of aliphatic carboxylic acids is 1. The van der Waals surface area contributed by atoms with E-state index in [1.165, 1.54) is 13.3 Å². The van der Waals surface area contributed by atoms with Gasteiger partial charge in [-0.05, 0) is 0 Å².